The monoisotopic (exact) mass is 384 g/mol. The Hall–Kier alpha value is -1.27. The van der Waals surface area contributed by atoms with Gasteiger partial charge >= 0.3 is 0 Å². The first kappa shape index (κ1) is 18.1. The van der Waals surface area contributed by atoms with Gasteiger partial charge < -0.3 is 19.3 Å². The maximum atomic E-state index is 12.8. The zero-order chi connectivity index (χ0) is 17.4. The van der Waals surface area contributed by atoms with E-state index in [9.17, 15) is 4.79 Å². The van der Waals surface area contributed by atoms with Crippen molar-refractivity contribution in [1.82, 2.24) is 9.80 Å². The fraction of sp³-hybridized carbons (Fsp3) is 0.588. The molecule has 0 bridgehead atoms. The summed E-state index contributed by atoms with van der Waals surface area (Å²) in [6, 6.07) is 1.78. The van der Waals surface area contributed by atoms with Crippen LogP contribution in [0.15, 0.2) is 10.5 Å². The van der Waals surface area contributed by atoms with Gasteiger partial charge in [0.05, 0.1) is 18.7 Å². The first-order valence-corrected chi connectivity index (χ1v) is 8.37. The highest BCUT2D eigenvalue weighted by atomic mass is 79.9. The Balaban J connectivity index is 2.31. The standard InChI is InChI=1S/C17H25BrN2O3/c1-17(2,9-19(3)4)10-20-8-12-11(16(20)21)7-13(22-5)15(23-6)14(12)18/h7H,8-10H2,1-6H3. The van der Waals surface area contributed by atoms with Gasteiger partial charge in [-0.25, -0.2) is 0 Å². The molecule has 0 aliphatic carbocycles. The number of halogens is 1. The average Bonchev–Trinajstić information content (AvgIpc) is 2.74. The quantitative estimate of drug-likeness (QED) is 0.755. The molecule has 0 saturated carbocycles. The molecule has 1 aliphatic heterocycles. The fourth-order valence-corrected chi connectivity index (χ4v) is 4.01. The number of benzene rings is 1. The maximum Gasteiger partial charge on any atom is 0.254 e. The van der Waals surface area contributed by atoms with E-state index in [4.69, 9.17) is 9.47 Å². The number of methoxy groups -OCH3 is 2. The highest BCUT2D eigenvalue weighted by molar-refractivity contribution is 9.10. The molecule has 1 amide bonds. The van der Waals surface area contributed by atoms with Gasteiger partial charge in [0.15, 0.2) is 11.5 Å². The SMILES string of the molecule is COc1cc2c(c(Br)c1OC)CN(CC(C)(C)CN(C)C)C2=O. The van der Waals surface area contributed by atoms with E-state index in [1.54, 1.807) is 20.3 Å². The predicted octanol–water partition coefficient (Wildman–Crippen LogP) is 3.01. The summed E-state index contributed by atoms with van der Waals surface area (Å²) >= 11 is 3.57. The summed E-state index contributed by atoms with van der Waals surface area (Å²) in [7, 11) is 7.28. The van der Waals surface area contributed by atoms with Crippen LogP contribution >= 0.6 is 15.9 Å². The number of fused-ring (bicyclic) bond motifs is 1. The molecule has 0 fully saturated rings. The van der Waals surface area contributed by atoms with Crippen molar-refractivity contribution >= 4 is 21.8 Å². The summed E-state index contributed by atoms with van der Waals surface area (Å²) in [5.74, 6) is 1.25. The van der Waals surface area contributed by atoms with Crippen molar-refractivity contribution in [1.29, 1.82) is 0 Å². The molecule has 0 saturated heterocycles. The lowest BCUT2D eigenvalue weighted by atomic mass is 9.92. The Morgan fingerprint density at radius 1 is 1.30 bits per heavy atom. The van der Waals surface area contributed by atoms with Crippen molar-refractivity contribution < 1.29 is 14.3 Å². The van der Waals surface area contributed by atoms with E-state index in [1.165, 1.54) is 0 Å². The lowest BCUT2D eigenvalue weighted by Crippen LogP contribution is -2.40. The lowest BCUT2D eigenvalue weighted by molar-refractivity contribution is 0.0682. The van der Waals surface area contributed by atoms with Crippen molar-refractivity contribution in [3.05, 3.63) is 21.7 Å². The Bertz CT molecular complexity index is 614. The van der Waals surface area contributed by atoms with Gasteiger partial charge in [-0.2, -0.15) is 0 Å². The van der Waals surface area contributed by atoms with Crippen LogP contribution in [0.3, 0.4) is 0 Å². The molecule has 5 nitrogen and oxygen atoms in total. The molecule has 1 aliphatic rings. The molecule has 0 aromatic heterocycles. The fourth-order valence-electron chi connectivity index (χ4n) is 3.32. The Labute approximate surface area is 146 Å². The second-order valence-corrected chi connectivity index (χ2v) is 7.81. The minimum atomic E-state index is 0.0157. The molecule has 0 spiro atoms. The number of hydrogen-bond acceptors (Lipinski definition) is 4. The molecule has 0 radical (unpaired) electrons. The van der Waals surface area contributed by atoms with E-state index in [2.05, 4.69) is 48.8 Å². The van der Waals surface area contributed by atoms with E-state index >= 15 is 0 Å². The van der Waals surface area contributed by atoms with Crippen LogP contribution in [0.1, 0.15) is 29.8 Å². The van der Waals surface area contributed by atoms with Crippen LogP contribution in [-0.4, -0.2) is 57.1 Å². The third kappa shape index (κ3) is 3.63. The number of nitrogens with zero attached hydrogens (tertiary/aromatic N) is 2. The van der Waals surface area contributed by atoms with E-state index in [0.717, 1.165) is 16.6 Å². The van der Waals surface area contributed by atoms with Crippen molar-refractivity contribution in [2.24, 2.45) is 5.41 Å². The highest BCUT2D eigenvalue weighted by Gasteiger charge is 2.35. The summed E-state index contributed by atoms with van der Waals surface area (Å²) < 4.78 is 11.6. The first-order chi connectivity index (χ1) is 10.7. The normalized spacial score (nSPS) is 14.4. The number of carbonyl (C=O) groups is 1. The minimum Gasteiger partial charge on any atom is -0.493 e. The third-order valence-electron chi connectivity index (χ3n) is 3.94. The second kappa shape index (κ2) is 6.69. The lowest BCUT2D eigenvalue weighted by Gasteiger charge is -2.32. The molecule has 2 rings (SSSR count). The second-order valence-electron chi connectivity index (χ2n) is 7.02. The van der Waals surface area contributed by atoms with Crippen LogP contribution in [0.2, 0.25) is 0 Å². The van der Waals surface area contributed by atoms with E-state index in [0.29, 0.717) is 30.2 Å². The van der Waals surface area contributed by atoms with Crippen LogP contribution in [-0.2, 0) is 6.54 Å². The molecule has 1 aromatic carbocycles. The van der Waals surface area contributed by atoms with Gasteiger partial charge in [0.25, 0.3) is 5.91 Å². The number of amides is 1. The van der Waals surface area contributed by atoms with Crippen LogP contribution in [0.4, 0.5) is 0 Å². The zero-order valence-corrected chi connectivity index (χ0v) is 16.3. The summed E-state index contributed by atoms with van der Waals surface area (Å²) in [6.45, 7) is 6.57. The topological polar surface area (TPSA) is 42.0 Å². The Kier molecular flexibility index (Phi) is 5.26. The molecule has 1 heterocycles. The van der Waals surface area contributed by atoms with Gasteiger partial charge in [0.2, 0.25) is 0 Å². The highest BCUT2D eigenvalue weighted by Crippen LogP contribution is 2.43. The van der Waals surface area contributed by atoms with Gasteiger partial charge in [-0.3, -0.25) is 4.79 Å². The van der Waals surface area contributed by atoms with Crippen LogP contribution in [0.25, 0.3) is 0 Å². The van der Waals surface area contributed by atoms with E-state index < -0.39 is 0 Å². The summed E-state index contributed by atoms with van der Waals surface area (Å²) in [5.41, 5.74) is 1.67. The number of ether oxygens (including phenoxy) is 2. The Morgan fingerprint density at radius 3 is 2.48 bits per heavy atom. The molecule has 1 aromatic rings. The van der Waals surface area contributed by atoms with Gasteiger partial charge in [-0.1, -0.05) is 13.8 Å². The molecule has 6 heteroatoms. The van der Waals surface area contributed by atoms with Crippen LogP contribution < -0.4 is 9.47 Å². The van der Waals surface area contributed by atoms with Gasteiger partial charge in [-0.05, 0) is 41.5 Å². The van der Waals surface area contributed by atoms with Gasteiger partial charge in [0, 0.05) is 30.8 Å². The first-order valence-electron chi connectivity index (χ1n) is 7.57. The molecule has 0 unspecified atom stereocenters. The zero-order valence-electron chi connectivity index (χ0n) is 14.7. The maximum absolute atomic E-state index is 12.8. The van der Waals surface area contributed by atoms with Crippen molar-refractivity contribution in [2.75, 3.05) is 41.4 Å². The van der Waals surface area contributed by atoms with Crippen LogP contribution in [0, 0.1) is 5.41 Å². The molecule has 23 heavy (non-hydrogen) atoms. The smallest absolute Gasteiger partial charge is 0.254 e. The number of carbonyl (C=O) groups excluding carboxylic acids is 1. The molecule has 128 valence electrons. The summed E-state index contributed by atoms with van der Waals surface area (Å²) in [6.07, 6.45) is 0. The van der Waals surface area contributed by atoms with Gasteiger partial charge in [-0.15, -0.1) is 0 Å². The number of rotatable bonds is 6. The largest absolute Gasteiger partial charge is 0.493 e. The van der Waals surface area contributed by atoms with E-state index in [1.807, 2.05) is 4.90 Å². The average molecular weight is 385 g/mol. The van der Waals surface area contributed by atoms with Crippen molar-refractivity contribution in [2.45, 2.75) is 20.4 Å². The predicted molar refractivity (Wildman–Crippen MR) is 94.3 cm³/mol. The van der Waals surface area contributed by atoms with Crippen LogP contribution in [0.5, 0.6) is 11.5 Å². The molecule has 0 atom stereocenters. The third-order valence-corrected chi connectivity index (χ3v) is 4.78. The van der Waals surface area contributed by atoms with Crippen molar-refractivity contribution in [3.8, 4) is 11.5 Å². The summed E-state index contributed by atoms with van der Waals surface area (Å²) in [4.78, 5) is 16.8. The van der Waals surface area contributed by atoms with E-state index in [-0.39, 0.29) is 11.3 Å². The van der Waals surface area contributed by atoms with Crippen molar-refractivity contribution in [3.63, 3.8) is 0 Å². The summed E-state index contributed by atoms with van der Waals surface area (Å²) in [5, 5.41) is 0. The molecular formula is C17H25BrN2O3. The number of hydrogen-bond donors (Lipinski definition) is 0. The molecule has 0 N–H and O–H groups in total. The molecular weight excluding hydrogens is 360 g/mol. The minimum absolute atomic E-state index is 0.0157. The Morgan fingerprint density at radius 2 is 1.96 bits per heavy atom. The van der Waals surface area contributed by atoms with Gasteiger partial charge in [0.1, 0.15) is 0 Å².